The fraction of sp³-hybridized carbons (Fsp3) is 0.385. The smallest absolute Gasteiger partial charge is 0.417 e. The first-order chi connectivity index (χ1) is 9.20. The summed E-state index contributed by atoms with van der Waals surface area (Å²) in [6, 6.07) is 3.48. The summed E-state index contributed by atoms with van der Waals surface area (Å²) in [6.45, 7) is 2.62. The Labute approximate surface area is 122 Å². The fourth-order valence-electron chi connectivity index (χ4n) is 1.70. The van der Waals surface area contributed by atoms with Crippen LogP contribution in [-0.4, -0.2) is 18.4 Å². The molecule has 3 nitrogen and oxygen atoms in total. The zero-order valence-electron chi connectivity index (χ0n) is 10.8. The van der Waals surface area contributed by atoms with Gasteiger partial charge in [0, 0.05) is 0 Å². The van der Waals surface area contributed by atoms with Gasteiger partial charge in [-0.05, 0) is 25.5 Å². The van der Waals surface area contributed by atoms with Gasteiger partial charge in [-0.25, -0.2) is 4.79 Å². The summed E-state index contributed by atoms with van der Waals surface area (Å²) in [6.07, 6.45) is -4.76. The summed E-state index contributed by atoms with van der Waals surface area (Å²) >= 11 is 2.91. The number of ketones is 1. The number of esters is 1. The Bertz CT molecular complexity index is 526. The maximum Gasteiger partial charge on any atom is 0.417 e. The second-order valence-electron chi connectivity index (χ2n) is 3.96. The van der Waals surface area contributed by atoms with Crippen molar-refractivity contribution in [2.45, 2.75) is 24.9 Å². The SMILES string of the molecule is CCOC(=O)c1cccc(C(Br)C(C)=O)c1C(F)(F)F. The second kappa shape index (κ2) is 6.39. The van der Waals surface area contributed by atoms with E-state index in [1.807, 2.05) is 0 Å². The van der Waals surface area contributed by atoms with Crippen molar-refractivity contribution < 1.29 is 27.5 Å². The number of rotatable bonds is 4. The second-order valence-corrected chi connectivity index (χ2v) is 4.88. The molecule has 0 saturated carbocycles. The number of ether oxygens (including phenoxy) is 1. The Morgan fingerprint density at radius 3 is 2.40 bits per heavy atom. The lowest BCUT2D eigenvalue weighted by Crippen LogP contribution is -2.19. The fourth-order valence-corrected chi connectivity index (χ4v) is 2.08. The quantitative estimate of drug-likeness (QED) is 0.609. The molecule has 1 rings (SSSR count). The lowest BCUT2D eigenvalue weighted by Gasteiger charge is -2.18. The highest BCUT2D eigenvalue weighted by atomic mass is 79.9. The average Bonchev–Trinajstić information content (AvgIpc) is 2.36. The van der Waals surface area contributed by atoms with Crippen LogP contribution in [0.2, 0.25) is 0 Å². The van der Waals surface area contributed by atoms with Crippen LogP contribution in [0.5, 0.6) is 0 Å². The van der Waals surface area contributed by atoms with E-state index in [4.69, 9.17) is 0 Å². The number of Topliss-reactive ketones (excluding diaryl/α,β-unsaturated/α-hetero) is 1. The molecule has 0 aromatic heterocycles. The zero-order chi connectivity index (χ0) is 15.5. The van der Waals surface area contributed by atoms with Crippen molar-refractivity contribution >= 4 is 27.7 Å². The first kappa shape index (κ1) is 16.7. The molecule has 1 atom stereocenters. The van der Waals surface area contributed by atoms with E-state index in [-0.39, 0.29) is 12.2 Å². The average molecular weight is 353 g/mol. The van der Waals surface area contributed by atoms with E-state index in [2.05, 4.69) is 20.7 Å². The molecular weight excluding hydrogens is 341 g/mol. The largest absolute Gasteiger partial charge is 0.462 e. The van der Waals surface area contributed by atoms with Gasteiger partial charge < -0.3 is 4.74 Å². The maximum atomic E-state index is 13.2. The Hall–Kier alpha value is -1.37. The van der Waals surface area contributed by atoms with Crippen LogP contribution in [0.15, 0.2) is 18.2 Å². The van der Waals surface area contributed by atoms with Gasteiger partial charge in [-0.1, -0.05) is 28.1 Å². The van der Waals surface area contributed by atoms with Crippen molar-refractivity contribution in [1.29, 1.82) is 0 Å². The predicted molar refractivity (Wildman–Crippen MR) is 69.7 cm³/mol. The summed E-state index contributed by atoms with van der Waals surface area (Å²) in [7, 11) is 0. The van der Waals surface area contributed by atoms with Crippen LogP contribution in [-0.2, 0) is 15.7 Å². The third-order valence-corrected chi connectivity index (χ3v) is 3.64. The van der Waals surface area contributed by atoms with E-state index in [1.54, 1.807) is 0 Å². The third kappa shape index (κ3) is 3.59. The summed E-state index contributed by atoms with van der Waals surface area (Å²) in [5, 5.41) is 0. The molecule has 110 valence electrons. The van der Waals surface area contributed by atoms with Crippen LogP contribution in [0.3, 0.4) is 0 Å². The van der Waals surface area contributed by atoms with E-state index in [0.717, 1.165) is 19.1 Å². The molecule has 0 aliphatic carbocycles. The highest BCUT2D eigenvalue weighted by Crippen LogP contribution is 2.40. The lowest BCUT2D eigenvalue weighted by atomic mass is 9.97. The minimum atomic E-state index is -4.76. The monoisotopic (exact) mass is 352 g/mol. The Morgan fingerprint density at radius 2 is 1.95 bits per heavy atom. The van der Waals surface area contributed by atoms with E-state index in [9.17, 15) is 22.8 Å². The predicted octanol–water partition coefficient (Wildman–Crippen LogP) is 3.91. The molecule has 20 heavy (non-hydrogen) atoms. The number of hydrogen-bond donors (Lipinski definition) is 0. The number of alkyl halides is 4. The van der Waals surface area contributed by atoms with Crippen molar-refractivity contribution in [1.82, 2.24) is 0 Å². The van der Waals surface area contributed by atoms with E-state index in [1.165, 1.54) is 13.0 Å². The Balaban J connectivity index is 3.51. The van der Waals surface area contributed by atoms with Crippen LogP contribution in [0, 0.1) is 0 Å². The van der Waals surface area contributed by atoms with Gasteiger partial charge in [0.25, 0.3) is 0 Å². The summed E-state index contributed by atoms with van der Waals surface area (Å²) in [4.78, 5) is 21.8. The molecule has 0 aliphatic rings. The lowest BCUT2D eigenvalue weighted by molar-refractivity contribution is -0.138. The topological polar surface area (TPSA) is 43.4 Å². The molecule has 0 amide bonds. The first-order valence-electron chi connectivity index (χ1n) is 5.71. The zero-order valence-corrected chi connectivity index (χ0v) is 12.3. The summed E-state index contributed by atoms with van der Waals surface area (Å²) < 4.78 is 44.2. The van der Waals surface area contributed by atoms with Gasteiger partial charge in [-0.3, -0.25) is 4.79 Å². The van der Waals surface area contributed by atoms with Gasteiger partial charge in [0.1, 0.15) is 5.78 Å². The molecule has 0 aliphatic heterocycles. The van der Waals surface area contributed by atoms with Gasteiger partial charge in [-0.2, -0.15) is 13.2 Å². The summed E-state index contributed by atoms with van der Waals surface area (Å²) in [5.41, 5.74) is -2.03. The molecule has 0 spiro atoms. The molecule has 1 unspecified atom stereocenters. The third-order valence-electron chi connectivity index (χ3n) is 2.51. The number of halogens is 4. The molecule has 1 aromatic carbocycles. The molecule has 0 saturated heterocycles. The van der Waals surface area contributed by atoms with Crippen LogP contribution in [0.25, 0.3) is 0 Å². The van der Waals surface area contributed by atoms with Gasteiger partial charge in [0.05, 0.1) is 22.6 Å². The van der Waals surface area contributed by atoms with Crippen LogP contribution < -0.4 is 0 Å². The number of carbonyl (C=O) groups excluding carboxylic acids is 2. The van der Waals surface area contributed by atoms with E-state index < -0.39 is 33.9 Å². The minimum Gasteiger partial charge on any atom is -0.462 e. The van der Waals surface area contributed by atoms with Gasteiger partial charge in [-0.15, -0.1) is 0 Å². The van der Waals surface area contributed by atoms with Crippen molar-refractivity contribution in [3.63, 3.8) is 0 Å². The molecule has 0 N–H and O–H groups in total. The van der Waals surface area contributed by atoms with Crippen LogP contribution in [0.4, 0.5) is 13.2 Å². The van der Waals surface area contributed by atoms with Crippen molar-refractivity contribution in [3.05, 3.63) is 34.9 Å². The highest BCUT2D eigenvalue weighted by molar-refractivity contribution is 9.09. The Morgan fingerprint density at radius 1 is 1.35 bits per heavy atom. The van der Waals surface area contributed by atoms with Crippen molar-refractivity contribution in [2.75, 3.05) is 6.61 Å². The number of benzene rings is 1. The van der Waals surface area contributed by atoms with Gasteiger partial charge >= 0.3 is 12.1 Å². The van der Waals surface area contributed by atoms with Crippen LogP contribution in [0.1, 0.15) is 40.2 Å². The van der Waals surface area contributed by atoms with Crippen molar-refractivity contribution in [2.24, 2.45) is 0 Å². The van der Waals surface area contributed by atoms with Gasteiger partial charge in [0.2, 0.25) is 0 Å². The number of hydrogen-bond acceptors (Lipinski definition) is 3. The molecular formula is C13H12BrF3O3. The van der Waals surface area contributed by atoms with E-state index >= 15 is 0 Å². The van der Waals surface area contributed by atoms with Crippen LogP contribution >= 0.6 is 15.9 Å². The standard InChI is InChI=1S/C13H12BrF3O3/c1-3-20-12(19)9-6-4-5-8(11(14)7(2)18)10(9)13(15,16)17/h4-6,11H,3H2,1-2H3. The molecule has 0 bridgehead atoms. The molecule has 7 heteroatoms. The van der Waals surface area contributed by atoms with Crippen molar-refractivity contribution in [3.8, 4) is 0 Å². The minimum absolute atomic E-state index is 0.0369. The molecule has 0 fully saturated rings. The maximum absolute atomic E-state index is 13.2. The highest BCUT2D eigenvalue weighted by Gasteiger charge is 2.40. The molecule has 0 radical (unpaired) electrons. The van der Waals surface area contributed by atoms with E-state index in [0.29, 0.717) is 0 Å². The Kier molecular flexibility index (Phi) is 5.33. The first-order valence-corrected chi connectivity index (χ1v) is 6.63. The molecule has 0 heterocycles. The normalized spacial score (nSPS) is 12.9. The number of carbonyl (C=O) groups is 2. The van der Waals surface area contributed by atoms with Gasteiger partial charge in [0.15, 0.2) is 0 Å². The summed E-state index contributed by atoms with van der Waals surface area (Å²) in [5.74, 6) is -1.55. The molecule has 1 aromatic rings.